The van der Waals surface area contributed by atoms with Gasteiger partial charge in [-0.2, -0.15) is 0 Å². The summed E-state index contributed by atoms with van der Waals surface area (Å²) in [6.45, 7) is 4.25. The zero-order valence-corrected chi connectivity index (χ0v) is 21.9. The molecule has 1 aliphatic carbocycles. The lowest BCUT2D eigenvalue weighted by molar-refractivity contribution is 0.0697. The normalized spacial score (nSPS) is 19.7. The number of hydrogen-bond donors (Lipinski definition) is 1. The van der Waals surface area contributed by atoms with E-state index in [1.54, 1.807) is 0 Å². The molecule has 7 rings (SSSR count). The summed E-state index contributed by atoms with van der Waals surface area (Å²) in [6, 6.07) is 12.8. The first-order chi connectivity index (χ1) is 18.1. The van der Waals surface area contributed by atoms with E-state index in [-0.39, 0.29) is 0 Å². The molecule has 1 saturated heterocycles. The topological polar surface area (TPSA) is 50.4 Å². The summed E-state index contributed by atoms with van der Waals surface area (Å²) in [7, 11) is 2.24. The number of nitrogens with zero attached hydrogens (tertiary/aromatic N) is 3. The number of aryl methyl sites for hydroxylation is 2. The Morgan fingerprint density at radius 3 is 2.46 bits per heavy atom. The summed E-state index contributed by atoms with van der Waals surface area (Å²) < 4.78 is 5.03. The summed E-state index contributed by atoms with van der Waals surface area (Å²) in [4.78, 5) is 14.4. The Morgan fingerprint density at radius 1 is 0.865 bits per heavy atom. The number of piperidine rings is 1. The third-order valence-corrected chi connectivity index (χ3v) is 9.49. The molecular formula is C32H37N3O2. The Labute approximate surface area is 218 Å². The quantitative estimate of drug-likeness (QED) is 0.326. The molecule has 2 aliphatic heterocycles. The van der Waals surface area contributed by atoms with Crippen LogP contribution in [-0.4, -0.2) is 45.2 Å². The molecule has 37 heavy (non-hydrogen) atoms. The van der Waals surface area contributed by atoms with E-state index in [2.05, 4.69) is 51.5 Å². The standard InChI is InChI=1S/C32H37N3O2/c1-33-17-13-21(14-18-33)27-20-34-15-6-16-35-28-19-23(32(36)37)11-12-25(28)29(22-7-3-2-4-8-22)31(35)26-10-5-9-24(27)30(26)34/h5,9-12,19-22H,2-4,6-8,13-18H2,1H3,(H,36,37). The molecule has 1 saturated carbocycles. The minimum absolute atomic E-state index is 0.385. The maximum Gasteiger partial charge on any atom is 0.335 e. The first kappa shape index (κ1) is 23.1. The molecule has 5 heteroatoms. The summed E-state index contributed by atoms with van der Waals surface area (Å²) in [5.74, 6) is 0.314. The molecule has 0 bridgehead atoms. The monoisotopic (exact) mass is 495 g/mol. The van der Waals surface area contributed by atoms with E-state index in [4.69, 9.17) is 0 Å². The number of hydrogen-bond acceptors (Lipinski definition) is 2. The van der Waals surface area contributed by atoms with E-state index in [9.17, 15) is 9.90 Å². The van der Waals surface area contributed by atoms with Gasteiger partial charge < -0.3 is 19.1 Å². The number of carboxylic acid groups (broad SMARTS) is 1. The van der Waals surface area contributed by atoms with Gasteiger partial charge >= 0.3 is 5.97 Å². The minimum atomic E-state index is -0.846. The molecule has 0 radical (unpaired) electrons. The maximum absolute atomic E-state index is 11.9. The fraction of sp³-hybridized carbons (Fsp3) is 0.469. The molecule has 2 aromatic carbocycles. The van der Waals surface area contributed by atoms with Crippen LogP contribution < -0.4 is 0 Å². The fourth-order valence-electron chi connectivity index (χ4n) is 7.64. The van der Waals surface area contributed by atoms with E-state index in [1.165, 1.54) is 96.7 Å². The lowest BCUT2D eigenvalue weighted by Gasteiger charge is -2.28. The highest BCUT2D eigenvalue weighted by Crippen LogP contribution is 2.47. The third-order valence-electron chi connectivity index (χ3n) is 9.49. The molecule has 4 heterocycles. The number of likely N-dealkylation sites (tertiary alicyclic amines) is 1. The van der Waals surface area contributed by atoms with Crippen LogP contribution in [0.4, 0.5) is 0 Å². The van der Waals surface area contributed by atoms with Crippen LogP contribution in [0, 0.1) is 0 Å². The maximum atomic E-state index is 11.9. The third kappa shape index (κ3) is 3.73. The Hall–Kier alpha value is -3.05. The molecule has 0 atom stereocenters. The van der Waals surface area contributed by atoms with Gasteiger partial charge in [0.25, 0.3) is 0 Å². The molecule has 3 aliphatic rings. The van der Waals surface area contributed by atoms with Gasteiger partial charge in [0.2, 0.25) is 0 Å². The summed E-state index contributed by atoms with van der Waals surface area (Å²) in [6.07, 6.45) is 12.3. The number of carbonyl (C=O) groups is 1. The van der Waals surface area contributed by atoms with Gasteiger partial charge in [0, 0.05) is 41.1 Å². The number of aromatic nitrogens is 2. The van der Waals surface area contributed by atoms with Crippen molar-refractivity contribution >= 4 is 27.8 Å². The zero-order valence-electron chi connectivity index (χ0n) is 21.9. The second-order valence-electron chi connectivity index (χ2n) is 11.7. The van der Waals surface area contributed by atoms with Gasteiger partial charge in [-0.25, -0.2) is 4.79 Å². The molecule has 2 fully saturated rings. The molecule has 4 aromatic rings. The largest absolute Gasteiger partial charge is 0.478 e. The first-order valence-electron chi connectivity index (χ1n) is 14.3. The molecule has 192 valence electrons. The highest BCUT2D eigenvalue weighted by molar-refractivity contribution is 6.03. The van der Waals surface area contributed by atoms with Gasteiger partial charge in [-0.05, 0) is 87.3 Å². The van der Waals surface area contributed by atoms with Crippen molar-refractivity contribution in [2.45, 2.75) is 76.3 Å². The van der Waals surface area contributed by atoms with Crippen molar-refractivity contribution in [3.05, 3.63) is 59.3 Å². The first-order valence-corrected chi connectivity index (χ1v) is 14.3. The second-order valence-corrected chi connectivity index (χ2v) is 11.7. The van der Waals surface area contributed by atoms with Crippen molar-refractivity contribution in [2.75, 3.05) is 20.1 Å². The van der Waals surface area contributed by atoms with Crippen molar-refractivity contribution in [3.63, 3.8) is 0 Å². The smallest absolute Gasteiger partial charge is 0.335 e. The molecule has 1 N–H and O–H groups in total. The summed E-state index contributed by atoms with van der Waals surface area (Å²) >= 11 is 0. The van der Waals surface area contributed by atoms with Crippen LogP contribution in [-0.2, 0) is 13.1 Å². The van der Waals surface area contributed by atoms with Crippen molar-refractivity contribution in [2.24, 2.45) is 0 Å². The average Bonchev–Trinajstić information content (AvgIpc) is 3.44. The SMILES string of the molecule is CN1CCC(c2cn3c4c(cccc24)-c2c(C4CCCCC4)c4ccc(C(=O)O)cc4n2CCC3)CC1. The van der Waals surface area contributed by atoms with Gasteiger partial charge in [0.1, 0.15) is 0 Å². The molecule has 2 aromatic heterocycles. The van der Waals surface area contributed by atoms with Crippen LogP contribution in [0.2, 0.25) is 0 Å². The fourth-order valence-corrected chi connectivity index (χ4v) is 7.64. The van der Waals surface area contributed by atoms with E-state index in [1.807, 2.05) is 12.1 Å². The predicted octanol–water partition coefficient (Wildman–Crippen LogP) is 7.22. The van der Waals surface area contributed by atoms with Crippen molar-refractivity contribution in [3.8, 4) is 11.3 Å². The van der Waals surface area contributed by atoms with E-state index in [0.29, 0.717) is 17.4 Å². The lowest BCUT2D eigenvalue weighted by Crippen LogP contribution is -2.29. The van der Waals surface area contributed by atoms with Crippen LogP contribution in [0.1, 0.15) is 84.7 Å². The summed E-state index contributed by atoms with van der Waals surface area (Å²) in [5.41, 5.74) is 8.56. The van der Waals surface area contributed by atoms with E-state index < -0.39 is 5.97 Å². The number of carboxylic acids is 1. The van der Waals surface area contributed by atoms with E-state index >= 15 is 0 Å². The van der Waals surface area contributed by atoms with Crippen molar-refractivity contribution < 1.29 is 9.90 Å². The number of rotatable bonds is 3. The molecule has 0 unspecified atom stereocenters. The zero-order chi connectivity index (χ0) is 25.1. The number of fused-ring (bicyclic) bond motifs is 4. The van der Waals surface area contributed by atoms with Gasteiger partial charge in [0.05, 0.1) is 16.8 Å². The summed E-state index contributed by atoms with van der Waals surface area (Å²) in [5, 5.41) is 12.5. The van der Waals surface area contributed by atoms with Crippen LogP contribution in [0.25, 0.3) is 33.1 Å². The number of benzene rings is 2. The Kier molecular flexibility index (Phi) is 5.65. The molecular weight excluding hydrogens is 458 g/mol. The van der Waals surface area contributed by atoms with Gasteiger partial charge in [-0.3, -0.25) is 0 Å². The van der Waals surface area contributed by atoms with Crippen LogP contribution in [0.5, 0.6) is 0 Å². The number of aromatic carboxylic acids is 1. The van der Waals surface area contributed by atoms with Gasteiger partial charge in [-0.15, -0.1) is 0 Å². The average molecular weight is 496 g/mol. The van der Waals surface area contributed by atoms with Crippen LogP contribution >= 0.6 is 0 Å². The second kappa shape index (κ2) is 9.05. The molecule has 0 spiro atoms. The van der Waals surface area contributed by atoms with Crippen molar-refractivity contribution in [1.82, 2.24) is 14.0 Å². The van der Waals surface area contributed by atoms with Crippen LogP contribution in [0.15, 0.2) is 42.6 Å². The Balaban J connectivity index is 1.49. The highest BCUT2D eigenvalue weighted by atomic mass is 16.4. The highest BCUT2D eigenvalue weighted by Gasteiger charge is 2.30. The Bertz CT molecular complexity index is 1500. The van der Waals surface area contributed by atoms with Gasteiger partial charge in [-0.1, -0.05) is 43.5 Å². The van der Waals surface area contributed by atoms with Gasteiger partial charge in [0.15, 0.2) is 0 Å². The molecule has 0 amide bonds. The number of para-hydroxylation sites is 1. The van der Waals surface area contributed by atoms with Crippen LogP contribution in [0.3, 0.4) is 0 Å². The Morgan fingerprint density at radius 2 is 1.68 bits per heavy atom. The molecule has 5 nitrogen and oxygen atoms in total. The minimum Gasteiger partial charge on any atom is -0.478 e. The van der Waals surface area contributed by atoms with E-state index in [0.717, 1.165) is 25.0 Å². The predicted molar refractivity (Wildman–Crippen MR) is 150 cm³/mol. The lowest BCUT2D eigenvalue weighted by atomic mass is 9.81. The van der Waals surface area contributed by atoms with Crippen molar-refractivity contribution in [1.29, 1.82) is 0 Å².